The highest BCUT2D eigenvalue weighted by molar-refractivity contribution is 5.72. The smallest absolute Gasteiger partial charge is 0.320 e. The SMILES string of the molecule is CCOC(=O)CN1CCN(CC(=O)OCC)Cc2ccc(o2)CN(CC(=O)OCC)CC1. The zero-order valence-electron chi connectivity index (χ0n) is 19.3. The molecule has 0 saturated carbocycles. The average molecular weight is 454 g/mol. The van der Waals surface area contributed by atoms with Crippen LogP contribution in [0.4, 0.5) is 0 Å². The van der Waals surface area contributed by atoms with Gasteiger partial charge in [0, 0.05) is 26.2 Å². The molecule has 1 aromatic rings. The van der Waals surface area contributed by atoms with Gasteiger partial charge >= 0.3 is 17.9 Å². The van der Waals surface area contributed by atoms with E-state index >= 15 is 0 Å². The minimum Gasteiger partial charge on any atom is -0.465 e. The first-order valence-corrected chi connectivity index (χ1v) is 11.1. The molecule has 2 heterocycles. The van der Waals surface area contributed by atoms with Crippen LogP contribution in [-0.4, -0.2) is 98.2 Å². The second kappa shape index (κ2) is 13.9. The summed E-state index contributed by atoms with van der Waals surface area (Å²) in [6.07, 6.45) is 0. The molecular formula is C22H35N3O7. The van der Waals surface area contributed by atoms with E-state index in [2.05, 4.69) is 0 Å². The van der Waals surface area contributed by atoms with Crippen molar-refractivity contribution in [3.05, 3.63) is 23.7 Å². The van der Waals surface area contributed by atoms with E-state index in [1.54, 1.807) is 20.8 Å². The lowest BCUT2D eigenvalue weighted by Gasteiger charge is -2.29. The van der Waals surface area contributed by atoms with Crippen LogP contribution in [0.2, 0.25) is 0 Å². The van der Waals surface area contributed by atoms with E-state index in [0.717, 1.165) is 11.5 Å². The van der Waals surface area contributed by atoms with Gasteiger partial charge in [0.05, 0.1) is 52.5 Å². The van der Waals surface area contributed by atoms with Crippen molar-refractivity contribution in [2.45, 2.75) is 33.9 Å². The van der Waals surface area contributed by atoms with E-state index in [1.807, 2.05) is 26.8 Å². The highest BCUT2D eigenvalue weighted by Crippen LogP contribution is 2.14. The maximum atomic E-state index is 12.1. The lowest BCUT2D eigenvalue weighted by molar-refractivity contribution is -0.146. The zero-order chi connectivity index (χ0) is 23.3. The minimum atomic E-state index is -0.303. The standard InChI is InChI=1S/C22H35N3O7/c1-4-29-20(26)15-23-9-11-24(16-21(27)30-5-2)13-18-7-8-19(32-18)14-25(12-10-23)17-22(28)31-6-3/h7-8H,4-6,9-17H2,1-3H3. The molecule has 0 N–H and O–H groups in total. The van der Waals surface area contributed by atoms with Gasteiger partial charge in [0.2, 0.25) is 0 Å². The Balaban J connectivity index is 2.17. The summed E-state index contributed by atoms with van der Waals surface area (Å²) in [4.78, 5) is 42.1. The zero-order valence-corrected chi connectivity index (χ0v) is 19.3. The quantitative estimate of drug-likeness (QED) is 0.396. The van der Waals surface area contributed by atoms with Crippen LogP contribution < -0.4 is 0 Å². The van der Waals surface area contributed by atoms with Gasteiger partial charge in [-0.25, -0.2) is 0 Å². The largest absolute Gasteiger partial charge is 0.465 e. The number of furan rings is 1. The van der Waals surface area contributed by atoms with Crippen LogP contribution in [0, 0.1) is 0 Å². The van der Waals surface area contributed by atoms with E-state index in [1.165, 1.54) is 0 Å². The van der Waals surface area contributed by atoms with E-state index in [4.69, 9.17) is 18.6 Å². The molecular weight excluding hydrogens is 418 g/mol. The average Bonchev–Trinajstić information content (AvgIpc) is 3.16. The number of fused-ring (bicyclic) bond motifs is 2. The number of nitrogens with zero attached hydrogens (tertiary/aromatic N) is 3. The summed E-state index contributed by atoms with van der Waals surface area (Å²) in [5.41, 5.74) is 0. The molecule has 0 aromatic carbocycles. The first kappa shape index (κ1) is 25.8. The van der Waals surface area contributed by atoms with Crippen molar-refractivity contribution < 1.29 is 33.0 Å². The van der Waals surface area contributed by atoms with Gasteiger partial charge in [-0.05, 0) is 32.9 Å². The molecule has 1 aliphatic heterocycles. The van der Waals surface area contributed by atoms with Crippen molar-refractivity contribution in [2.75, 3.05) is 65.6 Å². The topological polar surface area (TPSA) is 102 Å². The molecule has 10 heteroatoms. The summed E-state index contributed by atoms with van der Waals surface area (Å²) >= 11 is 0. The van der Waals surface area contributed by atoms with Crippen LogP contribution in [0.5, 0.6) is 0 Å². The van der Waals surface area contributed by atoms with Gasteiger partial charge in [-0.3, -0.25) is 29.1 Å². The van der Waals surface area contributed by atoms with Crippen molar-refractivity contribution in [2.24, 2.45) is 0 Å². The Hall–Kier alpha value is -2.43. The van der Waals surface area contributed by atoms with Crippen LogP contribution in [0.3, 0.4) is 0 Å². The molecule has 0 radical (unpaired) electrons. The number of ether oxygens (including phenoxy) is 3. The van der Waals surface area contributed by atoms with E-state index in [-0.39, 0.29) is 37.5 Å². The summed E-state index contributed by atoms with van der Waals surface area (Å²) < 4.78 is 21.3. The Morgan fingerprint density at radius 2 is 1.03 bits per heavy atom. The number of carbonyl (C=O) groups excluding carboxylic acids is 3. The number of hydrogen-bond acceptors (Lipinski definition) is 10. The molecule has 0 spiro atoms. The molecule has 0 fully saturated rings. The summed E-state index contributed by atoms with van der Waals surface area (Å²) in [6, 6.07) is 3.76. The maximum Gasteiger partial charge on any atom is 0.320 e. The number of esters is 3. The molecule has 0 aliphatic carbocycles. The van der Waals surface area contributed by atoms with Crippen LogP contribution >= 0.6 is 0 Å². The molecule has 1 aromatic heterocycles. The van der Waals surface area contributed by atoms with Crippen LogP contribution in [0.25, 0.3) is 0 Å². The maximum absolute atomic E-state index is 12.1. The van der Waals surface area contributed by atoms with Gasteiger partial charge in [0.1, 0.15) is 11.5 Å². The Kier molecular flexibility index (Phi) is 11.2. The van der Waals surface area contributed by atoms with Crippen LogP contribution in [0.15, 0.2) is 16.5 Å². The first-order valence-electron chi connectivity index (χ1n) is 11.1. The van der Waals surface area contributed by atoms with Crippen molar-refractivity contribution in [1.29, 1.82) is 0 Å². The number of hydrogen-bond donors (Lipinski definition) is 0. The molecule has 10 nitrogen and oxygen atoms in total. The lowest BCUT2D eigenvalue weighted by atomic mass is 10.3. The monoisotopic (exact) mass is 453 g/mol. The Bertz CT molecular complexity index is 688. The van der Waals surface area contributed by atoms with Gasteiger partial charge in [0.25, 0.3) is 0 Å². The molecule has 0 atom stereocenters. The fourth-order valence-electron chi connectivity index (χ4n) is 3.46. The van der Waals surface area contributed by atoms with E-state index in [9.17, 15) is 14.4 Å². The summed E-state index contributed by atoms with van der Waals surface area (Å²) in [5, 5.41) is 0. The van der Waals surface area contributed by atoms with Gasteiger partial charge in [-0.2, -0.15) is 0 Å². The molecule has 1 aliphatic rings. The fraction of sp³-hybridized carbons (Fsp3) is 0.682. The number of carbonyl (C=O) groups is 3. The molecule has 0 amide bonds. The predicted molar refractivity (Wildman–Crippen MR) is 116 cm³/mol. The third kappa shape index (κ3) is 9.37. The minimum absolute atomic E-state index is 0.131. The van der Waals surface area contributed by atoms with Gasteiger partial charge in [0.15, 0.2) is 0 Å². The third-order valence-electron chi connectivity index (χ3n) is 4.92. The second-order valence-electron chi connectivity index (χ2n) is 7.48. The lowest BCUT2D eigenvalue weighted by Crippen LogP contribution is -2.44. The van der Waals surface area contributed by atoms with Gasteiger partial charge in [-0.15, -0.1) is 0 Å². The van der Waals surface area contributed by atoms with Crippen LogP contribution in [0.1, 0.15) is 32.3 Å². The van der Waals surface area contributed by atoms with Crippen molar-refractivity contribution >= 4 is 17.9 Å². The Morgan fingerprint density at radius 1 is 0.688 bits per heavy atom. The van der Waals surface area contributed by atoms with Gasteiger partial charge < -0.3 is 18.6 Å². The van der Waals surface area contributed by atoms with Crippen molar-refractivity contribution in [3.8, 4) is 0 Å². The molecule has 32 heavy (non-hydrogen) atoms. The molecule has 2 rings (SSSR count). The molecule has 0 unspecified atom stereocenters. The molecule has 0 saturated heterocycles. The Morgan fingerprint density at radius 3 is 1.41 bits per heavy atom. The van der Waals surface area contributed by atoms with Crippen LogP contribution in [-0.2, 0) is 41.7 Å². The first-order chi connectivity index (χ1) is 15.4. The Labute approximate surface area is 189 Å². The third-order valence-corrected chi connectivity index (χ3v) is 4.92. The summed E-state index contributed by atoms with van der Waals surface area (Å²) in [5.74, 6) is 0.533. The van der Waals surface area contributed by atoms with Crippen molar-refractivity contribution in [1.82, 2.24) is 14.7 Å². The highest BCUT2D eigenvalue weighted by Gasteiger charge is 2.21. The number of rotatable bonds is 9. The predicted octanol–water partition coefficient (Wildman–Crippen LogP) is 0.889. The molecule has 180 valence electrons. The van der Waals surface area contributed by atoms with Crippen molar-refractivity contribution in [3.63, 3.8) is 0 Å². The van der Waals surface area contributed by atoms with E-state index < -0.39 is 0 Å². The highest BCUT2D eigenvalue weighted by atomic mass is 16.5. The second-order valence-corrected chi connectivity index (χ2v) is 7.48. The summed E-state index contributed by atoms with van der Waals surface area (Å²) in [7, 11) is 0. The normalized spacial score (nSPS) is 16.6. The molecule has 2 bridgehead atoms. The summed E-state index contributed by atoms with van der Waals surface area (Å²) in [6.45, 7) is 9.70. The van der Waals surface area contributed by atoms with E-state index in [0.29, 0.717) is 59.1 Å². The van der Waals surface area contributed by atoms with Gasteiger partial charge in [-0.1, -0.05) is 0 Å². The fourth-order valence-corrected chi connectivity index (χ4v) is 3.46.